The summed E-state index contributed by atoms with van der Waals surface area (Å²) in [5.74, 6) is 0.935. The average molecular weight is 326 g/mol. The van der Waals surface area contributed by atoms with Crippen LogP contribution in [0.15, 0.2) is 40.2 Å². The molecule has 0 bridgehead atoms. The number of ether oxygens (including phenoxy) is 1. The smallest absolute Gasteiger partial charge is 0.123 e. The molecule has 96 valence electrons. The minimum atomic E-state index is 0.339. The fraction of sp³-hybridized carbons (Fsp3) is 0.286. The standard InChI is InChI=1S/C14H16BrNOS/c1-10(14-7-12(15)9-18-14)16-8-11-5-3-4-6-13(11)17-2/h3-7,9-10,16H,8H2,1-2H3. The molecule has 4 heteroatoms. The Balaban J connectivity index is 1.99. The highest BCUT2D eigenvalue weighted by molar-refractivity contribution is 9.10. The van der Waals surface area contributed by atoms with Crippen molar-refractivity contribution in [3.63, 3.8) is 0 Å². The Morgan fingerprint density at radius 1 is 1.39 bits per heavy atom. The molecule has 1 aromatic heterocycles. The highest BCUT2D eigenvalue weighted by Crippen LogP contribution is 2.26. The van der Waals surface area contributed by atoms with Crippen molar-refractivity contribution in [1.29, 1.82) is 0 Å². The van der Waals surface area contributed by atoms with E-state index in [9.17, 15) is 0 Å². The summed E-state index contributed by atoms with van der Waals surface area (Å²) < 4.78 is 6.49. The van der Waals surface area contributed by atoms with E-state index in [0.717, 1.165) is 16.8 Å². The number of benzene rings is 1. The Morgan fingerprint density at radius 3 is 2.83 bits per heavy atom. The van der Waals surface area contributed by atoms with Gasteiger partial charge < -0.3 is 10.1 Å². The van der Waals surface area contributed by atoms with Crippen LogP contribution in [-0.4, -0.2) is 7.11 Å². The van der Waals surface area contributed by atoms with Crippen molar-refractivity contribution < 1.29 is 4.74 Å². The van der Waals surface area contributed by atoms with Gasteiger partial charge in [0.15, 0.2) is 0 Å². The van der Waals surface area contributed by atoms with E-state index in [1.165, 1.54) is 10.4 Å². The summed E-state index contributed by atoms with van der Waals surface area (Å²) in [6, 6.07) is 10.6. The van der Waals surface area contributed by atoms with Gasteiger partial charge in [0.1, 0.15) is 5.75 Å². The van der Waals surface area contributed by atoms with Crippen LogP contribution in [0.2, 0.25) is 0 Å². The van der Waals surface area contributed by atoms with Gasteiger partial charge in [0, 0.05) is 32.9 Å². The highest BCUT2D eigenvalue weighted by Gasteiger charge is 2.08. The fourth-order valence-corrected chi connectivity index (χ4v) is 3.25. The van der Waals surface area contributed by atoms with Crippen molar-refractivity contribution in [2.45, 2.75) is 19.5 Å². The van der Waals surface area contributed by atoms with E-state index in [1.807, 2.05) is 18.2 Å². The molecular formula is C14H16BrNOS. The van der Waals surface area contributed by atoms with Gasteiger partial charge in [0.05, 0.1) is 7.11 Å². The Hall–Kier alpha value is -0.840. The number of methoxy groups -OCH3 is 1. The van der Waals surface area contributed by atoms with Gasteiger partial charge in [0.2, 0.25) is 0 Å². The number of halogens is 1. The van der Waals surface area contributed by atoms with Crippen LogP contribution in [0.5, 0.6) is 5.75 Å². The van der Waals surface area contributed by atoms with E-state index >= 15 is 0 Å². The summed E-state index contributed by atoms with van der Waals surface area (Å²) in [5, 5.41) is 5.62. The maximum atomic E-state index is 5.34. The van der Waals surface area contributed by atoms with Crippen LogP contribution in [-0.2, 0) is 6.54 Å². The minimum absolute atomic E-state index is 0.339. The first-order chi connectivity index (χ1) is 8.70. The molecule has 0 saturated carbocycles. The number of nitrogens with one attached hydrogen (secondary N) is 1. The largest absolute Gasteiger partial charge is 0.496 e. The van der Waals surface area contributed by atoms with Crippen molar-refractivity contribution in [3.8, 4) is 5.75 Å². The Labute approximate surface area is 120 Å². The third kappa shape index (κ3) is 3.34. The van der Waals surface area contributed by atoms with Crippen molar-refractivity contribution >= 4 is 27.3 Å². The molecule has 0 fully saturated rings. The second-order valence-corrected chi connectivity index (χ2v) is 5.94. The van der Waals surface area contributed by atoms with Crippen LogP contribution in [0.25, 0.3) is 0 Å². The third-order valence-corrected chi connectivity index (χ3v) is 4.68. The molecular weight excluding hydrogens is 310 g/mol. The number of thiophene rings is 1. The van der Waals surface area contributed by atoms with Gasteiger partial charge in [-0.15, -0.1) is 11.3 Å². The maximum Gasteiger partial charge on any atom is 0.123 e. The third-order valence-electron chi connectivity index (χ3n) is 2.81. The van der Waals surface area contributed by atoms with E-state index in [0.29, 0.717) is 6.04 Å². The first-order valence-electron chi connectivity index (χ1n) is 5.80. The van der Waals surface area contributed by atoms with Crippen molar-refractivity contribution in [3.05, 3.63) is 50.6 Å². The highest BCUT2D eigenvalue weighted by atomic mass is 79.9. The lowest BCUT2D eigenvalue weighted by atomic mass is 10.2. The summed E-state index contributed by atoms with van der Waals surface area (Å²) in [6.07, 6.45) is 0. The molecule has 2 nitrogen and oxygen atoms in total. The van der Waals surface area contributed by atoms with E-state index in [2.05, 4.69) is 45.7 Å². The molecule has 0 aliphatic carbocycles. The summed E-state index contributed by atoms with van der Waals surface area (Å²) in [7, 11) is 1.71. The molecule has 0 radical (unpaired) electrons. The van der Waals surface area contributed by atoms with Crippen LogP contribution in [0.4, 0.5) is 0 Å². The molecule has 0 spiro atoms. The molecule has 0 saturated heterocycles. The van der Waals surface area contributed by atoms with Crippen molar-refractivity contribution in [2.24, 2.45) is 0 Å². The van der Waals surface area contributed by atoms with Crippen LogP contribution < -0.4 is 10.1 Å². The Bertz CT molecular complexity index is 512. The lowest BCUT2D eigenvalue weighted by Crippen LogP contribution is -2.17. The number of hydrogen-bond donors (Lipinski definition) is 1. The van der Waals surface area contributed by atoms with Crippen molar-refractivity contribution in [2.75, 3.05) is 7.11 Å². The van der Waals surface area contributed by atoms with Gasteiger partial charge >= 0.3 is 0 Å². The predicted octanol–water partition coefficient (Wildman–Crippen LogP) is 4.37. The molecule has 2 aromatic rings. The number of hydrogen-bond acceptors (Lipinski definition) is 3. The Morgan fingerprint density at radius 2 is 2.17 bits per heavy atom. The molecule has 2 rings (SSSR count). The summed E-state index contributed by atoms with van der Waals surface area (Å²) in [5.41, 5.74) is 1.18. The minimum Gasteiger partial charge on any atom is -0.496 e. The van der Waals surface area contributed by atoms with E-state index in [4.69, 9.17) is 4.74 Å². The molecule has 0 aliphatic heterocycles. The molecule has 18 heavy (non-hydrogen) atoms. The van der Waals surface area contributed by atoms with Gasteiger partial charge in [-0.3, -0.25) is 0 Å². The molecule has 0 aliphatic rings. The van der Waals surface area contributed by atoms with Crippen molar-refractivity contribution in [1.82, 2.24) is 5.32 Å². The second kappa shape index (κ2) is 6.36. The van der Waals surface area contributed by atoms with Crippen LogP contribution >= 0.6 is 27.3 Å². The van der Waals surface area contributed by atoms with Gasteiger partial charge in [-0.1, -0.05) is 18.2 Å². The average Bonchev–Trinajstić information content (AvgIpc) is 2.83. The molecule has 1 aromatic carbocycles. The predicted molar refractivity (Wildman–Crippen MR) is 80.3 cm³/mol. The molecule has 0 amide bonds. The summed E-state index contributed by atoms with van der Waals surface area (Å²) in [4.78, 5) is 1.33. The van der Waals surface area contributed by atoms with Gasteiger partial charge in [-0.05, 0) is 35.0 Å². The molecule has 1 heterocycles. The monoisotopic (exact) mass is 325 g/mol. The van der Waals surface area contributed by atoms with Crippen LogP contribution in [0.3, 0.4) is 0 Å². The van der Waals surface area contributed by atoms with Crippen LogP contribution in [0, 0.1) is 0 Å². The molecule has 1 atom stereocenters. The number of rotatable bonds is 5. The molecule has 1 unspecified atom stereocenters. The number of para-hydroxylation sites is 1. The van der Waals surface area contributed by atoms with E-state index < -0.39 is 0 Å². The zero-order chi connectivity index (χ0) is 13.0. The lowest BCUT2D eigenvalue weighted by Gasteiger charge is -2.14. The fourth-order valence-electron chi connectivity index (χ4n) is 1.77. The molecule has 1 N–H and O–H groups in total. The van der Waals surface area contributed by atoms with E-state index in [-0.39, 0.29) is 0 Å². The van der Waals surface area contributed by atoms with Gasteiger partial charge in [-0.2, -0.15) is 0 Å². The first kappa shape index (κ1) is 13.6. The summed E-state index contributed by atoms with van der Waals surface area (Å²) in [6.45, 7) is 2.98. The normalized spacial score (nSPS) is 12.4. The second-order valence-electron chi connectivity index (χ2n) is 4.08. The maximum absolute atomic E-state index is 5.34. The van der Waals surface area contributed by atoms with E-state index in [1.54, 1.807) is 18.4 Å². The Kier molecular flexibility index (Phi) is 4.80. The lowest BCUT2D eigenvalue weighted by molar-refractivity contribution is 0.406. The quantitative estimate of drug-likeness (QED) is 0.881. The summed E-state index contributed by atoms with van der Waals surface area (Å²) >= 11 is 5.24. The van der Waals surface area contributed by atoms with Crippen LogP contribution in [0.1, 0.15) is 23.4 Å². The van der Waals surface area contributed by atoms with Gasteiger partial charge in [-0.25, -0.2) is 0 Å². The SMILES string of the molecule is COc1ccccc1CNC(C)c1cc(Br)cs1. The topological polar surface area (TPSA) is 21.3 Å². The zero-order valence-corrected chi connectivity index (χ0v) is 12.8. The van der Waals surface area contributed by atoms with Gasteiger partial charge in [0.25, 0.3) is 0 Å². The first-order valence-corrected chi connectivity index (χ1v) is 7.47. The zero-order valence-electron chi connectivity index (χ0n) is 10.4.